The second-order valence-electron chi connectivity index (χ2n) is 3.38. The van der Waals surface area contributed by atoms with E-state index >= 15 is 0 Å². The Bertz CT molecular complexity index is 590. The third-order valence-corrected chi connectivity index (χ3v) is 2.40. The molecule has 0 fully saturated rings. The maximum absolute atomic E-state index is 13.5. The first-order chi connectivity index (χ1) is 8.26. The Morgan fingerprint density at radius 2 is 2.18 bits per heavy atom. The first kappa shape index (κ1) is 11.1. The second-order valence-corrected chi connectivity index (χ2v) is 3.38. The smallest absolute Gasteiger partial charge is 0.165 e. The molecule has 0 bridgehead atoms. The van der Waals surface area contributed by atoms with Crippen molar-refractivity contribution in [1.82, 2.24) is 4.98 Å². The molecule has 0 saturated carbocycles. The molecule has 3 nitrogen and oxygen atoms in total. The molecule has 0 atom stereocenters. The molecule has 0 spiro atoms. The molecule has 84 valence electrons. The zero-order valence-electron chi connectivity index (χ0n) is 9.14. The zero-order valence-corrected chi connectivity index (χ0v) is 9.14. The van der Waals surface area contributed by atoms with E-state index in [-0.39, 0.29) is 5.75 Å². The van der Waals surface area contributed by atoms with Gasteiger partial charge in [0.15, 0.2) is 11.6 Å². The zero-order chi connectivity index (χ0) is 12.3. The summed E-state index contributed by atoms with van der Waals surface area (Å²) in [4.78, 5) is 3.86. The molecule has 2 rings (SSSR count). The summed E-state index contributed by atoms with van der Waals surface area (Å²) in [5.41, 5.74) is 1.70. The van der Waals surface area contributed by atoms with Crippen LogP contribution in [0.1, 0.15) is 5.56 Å². The minimum absolute atomic E-state index is 0.182. The van der Waals surface area contributed by atoms with Gasteiger partial charge in [0, 0.05) is 18.0 Å². The van der Waals surface area contributed by atoms with Gasteiger partial charge in [0.05, 0.1) is 12.7 Å². The molecule has 2 aromatic rings. The first-order valence-corrected chi connectivity index (χ1v) is 4.94. The van der Waals surface area contributed by atoms with E-state index in [0.717, 1.165) is 0 Å². The number of rotatable bonds is 2. The van der Waals surface area contributed by atoms with Gasteiger partial charge in [-0.2, -0.15) is 5.26 Å². The summed E-state index contributed by atoms with van der Waals surface area (Å²) in [5, 5.41) is 8.94. The molecule has 0 radical (unpaired) electrons. The Hall–Kier alpha value is -2.41. The Labute approximate surface area is 98.1 Å². The van der Waals surface area contributed by atoms with Crippen molar-refractivity contribution >= 4 is 0 Å². The van der Waals surface area contributed by atoms with Crippen molar-refractivity contribution in [1.29, 1.82) is 5.26 Å². The molecule has 4 heteroatoms. The summed E-state index contributed by atoms with van der Waals surface area (Å²) >= 11 is 0. The van der Waals surface area contributed by atoms with Crippen LogP contribution < -0.4 is 4.74 Å². The van der Waals surface area contributed by atoms with Crippen molar-refractivity contribution in [2.45, 2.75) is 0 Å². The molecular formula is C13H9FN2O. The van der Waals surface area contributed by atoms with E-state index < -0.39 is 5.82 Å². The van der Waals surface area contributed by atoms with Crippen molar-refractivity contribution in [3.8, 4) is 22.9 Å². The van der Waals surface area contributed by atoms with Crippen LogP contribution in [0.4, 0.5) is 4.39 Å². The van der Waals surface area contributed by atoms with Gasteiger partial charge in [0.1, 0.15) is 6.07 Å². The van der Waals surface area contributed by atoms with Gasteiger partial charge in [0.2, 0.25) is 0 Å². The number of pyridine rings is 1. The van der Waals surface area contributed by atoms with Crippen molar-refractivity contribution in [2.24, 2.45) is 0 Å². The van der Waals surface area contributed by atoms with Crippen molar-refractivity contribution in [2.75, 3.05) is 7.11 Å². The third kappa shape index (κ3) is 2.08. The van der Waals surface area contributed by atoms with Crippen LogP contribution in [0.25, 0.3) is 11.1 Å². The van der Waals surface area contributed by atoms with Gasteiger partial charge in [-0.3, -0.25) is 4.98 Å². The molecule has 0 aliphatic rings. The second kappa shape index (κ2) is 4.62. The monoisotopic (exact) mass is 228 g/mol. The quantitative estimate of drug-likeness (QED) is 0.793. The lowest BCUT2D eigenvalue weighted by Gasteiger charge is -2.06. The molecule has 1 aromatic carbocycles. The van der Waals surface area contributed by atoms with Crippen molar-refractivity contribution in [3.63, 3.8) is 0 Å². The number of aromatic nitrogens is 1. The lowest BCUT2D eigenvalue weighted by atomic mass is 10.0. The number of benzene rings is 1. The molecule has 17 heavy (non-hydrogen) atoms. The van der Waals surface area contributed by atoms with E-state index in [1.54, 1.807) is 18.3 Å². The standard InChI is InChI=1S/C13H9FN2O/c1-17-13-3-2-9(6-12(13)14)11-4-5-16-8-10(11)7-15/h2-6,8H,1H3. The van der Waals surface area contributed by atoms with Crippen LogP contribution in [0.2, 0.25) is 0 Å². The minimum atomic E-state index is -0.453. The fraction of sp³-hybridized carbons (Fsp3) is 0.0769. The SMILES string of the molecule is COc1ccc(-c2ccncc2C#N)cc1F. The van der Waals surface area contributed by atoms with Gasteiger partial charge in [0.25, 0.3) is 0 Å². The fourth-order valence-electron chi connectivity index (χ4n) is 1.57. The number of hydrogen-bond acceptors (Lipinski definition) is 3. The topological polar surface area (TPSA) is 45.9 Å². The van der Waals surface area contributed by atoms with Crippen molar-refractivity contribution in [3.05, 3.63) is 48.0 Å². The van der Waals surface area contributed by atoms with Crippen LogP contribution in [-0.2, 0) is 0 Å². The summed E-state index contributed by atoms with van der Waals surface area (Å²) in [6, 6.07) is 8.29. The number of halogens is 1. The molecule has 0 amide bonds. The summed E-state index contributed by atoms with van der Waals surface area (Å²) in [7, 11) is 1.41. The van der Waals surface area contributed by atoms with E-state index in [0.29, 0.717) is 16.7 Å². The number of methoxy groups -OCH3 is 1. The molecular weight excluding hydrogens is 219 g/mol. The van der Waals surface area contributed by atoms with E-state index in [1.165, 1.54) is 25.4 Å². The van der Waals surface area contributed by atoms with Crippen LogP contribution in [0.15, 0.2) is 36.7 Å². The van der Waals surface area contributed by atoms with Crippen LogP contribution in [0.5, 0.6) is 5.75 Å². The number of nitriles is 1. The molecule has 1 heterocycles. The van der Waals surface area contributed by atoms with Crippen LogP contribution in [-0.4, -0.2) is 12.1 Å². The molecule has 0 N–H and O–H groups in total. The predicted molar refractivity (Wildman–Crippen MR) is 60.9 cm³/mol. The van der Waals surface area contributed by atoms with Crippen LogP contribution >= 0.6 is 0 Å². The van der Waals surface area contributed by atoms with Crippen molar-refractivity contribution < 1.29 is 9.13 Å². The van der Waals surface area contributed by atoms with Gasteiger partial charge in [-0.25, -0.2) is 4.39 Å². The summed E-state index contributed by atoms with van der Waals surface area (Å²) < 4.78 is 18.4. The fourth-order valence-corrected chi connectivity index (χ4v) is 1.57. The molecule has 0 saturated heterocycles. The highest BCUT2D eigenvalue weighted by Gasteiger charge is 2.08. The lowest BCUT2D eigenvalue weighted by Crippen LogP contribution is -1.90. The number of ether oxygens (including phenoxy) is 1. The summed E-state index contributed by atoms with van der Waals surface area (Å²) in [6.07, 6.45) is 3.02. The van der Waals surface area contributed by atoms with E-state index in [2.05, 4.69) is 4.98 Å². The van der Waals surface area contributed by atoms with Crippen LogP contribution in [0.3, 0.4) is 0 Å². The Kier molecular flexibility index (Phi) is 3.01. The third-order valence-electron chi connectivity index (χ3n) is 2.40. The van der Waals surface area contributed by atoms with Gasteiger partial charge < -0.3 is 4.74 Å². The average Bonchev–Trinajstić information content (AvgIpc) is 2.38. The highest BCUT2D eigenvalue weighted by Crippen LogP contribution is 2.27. The maximum atomic E-state index is 13.5. The average molecular weight is 228 g/mol. The summed E-state index contributed by atoms with van der Waals surface area (Å²) in [5.74, 6) is -0.271. The minimum Gasteiger partial charge on any atom is -0.494 e. The Morgan fingerprint density at radius 1 is 1.35 bits per heavy atom. The highest BCUT2D eigenvalue weighted by molar-refractivity contribution is 5.70. The maximum Gasteiger partial charge on any atom is 0.165 e. The van der Waals surface area contributed by atoms with E-state index in [9.17, 15) is 4.39 Å². The number of nitrogens with zero attached hydrogens (tertiary/aromatic N) is 2. The van der Waals surface area contributed by atoms with E-state index in [4.69, 9.17) is 10.00 Å². The first-order valence-electron chi connectivity index (χ1n) is 4.94. The highest BCUT2D eigenvalue weighted by atomic mass is 19.1. The largest absolute Gasteiger partial charge is 0.494 e. The molecule has 0 aliphatic heterocycles. The molecule has 1 aromatic heterocycles. The Balaban J connectivity index is 2.54. The Morgan fingerprint density at radius 3 is 2.82 bits per heavy atom. The van der Waals surface area contributed by atoms with Gasteiger partial charge in [-0.15, -0.1) is 0 Å². The lowest BCUT2D eigenvalue weighted by molar-refractivity contribution is 0.386. The van der Waals surface area contributed by atoms with Gasteiger partial charge >= 0.3 is 0 Å². The predicted octanol–water partition coefficient (Wildman–Crippen LogP) is 2.77. The molecule has 0 unspecified atom stereocenters. The summed E-state index contributed by atoms with van der Waals surface area (Å²) in [6.45, 7) is 0. The normalized spacial score (nSPS) is 9.71. The van der Waals surface area contributed by atoms with Crippen LogP contribution in [0, 0.1) is 17.1 Å². The van der Waals surface area contributed by atoms with Gasteiger partial charge in [-0.1, -0.05) is 6.07 Å². The molecule has 0 aliphatic carbocycles. The van der Waals surface area contributed by atoms with E-state index in [1.807, 2.05) is 6.07 Å². The van der Waals surface area contributed by atoms with Gasteiger partial charge in [-0.05, 0) is 23.8 Å². The number of hydrogen-bond donors (Lipinski definition) is 0.